The van der Waals surface area contributed by atoms with Crippen LogP contribution in [-0.2, 0) is 4.79 Å². The Morgan fingerprint density at radius 2 is 2.07 bits per heavy atom. The fourth-order valence-electron chi connectivity index (χ4n) is 1.04. The highest BCUT2D eigenvalue weighted by Crippen LogP contribution is 2.15. The average Bonchev–Trinajstić information content (AvgIpc) is 2.01. The van der Waals surface area contributed by atoms with Gasteiger partial charge in [-0.1, -0.05) is 11.6 Å². The molecule has 0 N–H and O–H groups in total. The molecular formula is C10H8ClFO2. The molecule has 2 nitrogen and oxygen atoms in total. The van der Waals surface area contributed by atoms with Crippen LogP contribution in [0.25, 0.3) is 0 Å². The topological polar surface area (TPSA) is 34.1 Å². The summed E-state index contributed by atoms with van der Waals surface area (Å²) < 4.78 is 13.1. The van der Waals surface area contributed by atoms with Crippen molar-refractivity contribution in [2.45, 2.75) is 13.3 Å². The Morgan fingerprint density at radius 3 is 2.57 bits per heavy atom. The molecule has 0 amide bonds. The number of hydrogen-bond donors (Lipinski definition) is 0. The normalized spacial score (nSPS) is 9.93. The van der Waals surface area contributed by atoms with Gasteiger partial charge in [0.2, 0.25) is 0 Å². The summed E-state index contributed by atoms with van der Waals surface area (Å²) in [4.78, 5) is 21.9. The monoisotopic (exact) mass is 214 g/mol. The van der Waals surface area contributed by atoms with Gasteiger partial charge in [-0.2, -0.15) is 0 Å². The van der Waals surface area contributed by atoms with E-state index in [0.29, 0.717) is 0 Å². The van der Waals surface area contributed by atoms with Crippen molar-refractivity contribution >= 4 is 23.2 Å². The first-order valence-electron chi connectivity index (χ1n) is 3.98. The second-order valence-electron chi connectivity index (χ2n) is 2.93. The highest BCUT2D eigenvalue weighted by atomic mass is 35.5. The number of Topliss-reactive ketones (excluding diaryl/α,β-unsaturated/α-hetero) is 2. The van der Waals surface area contributed by atoms with E-state index in [2.05, 4.69) is 0 Å². The van der Waals surface area contributed by atoms with E-state index in [0.717, 1.165) is 6.07 Å². The van der Waals surface area contributed by atoms with Crippen LogP contribution in [0.5, 0.6) is 0 Å². The Hall–Kier alpha value is -1.22. The zero-order chi connectivity index (χ0) is 10.7. The third-order valence-electron chi connectivity index (χ3n) is 1.64. The van der Waals surface area contributed by atoms with Gasteiger partial charge in [0.15, 0.2) is 5.78 Å². The minimum absolute atomic E-state index is 0.0930. The Balaban J connectivity index is 2.96. The summed E-state index contributed by atoms with van der Waals surface area (Å²) in [6.07, 6.45) is -0.279. The maximum Gasteiger partial charge on any atom is 0.173 e. The summed E-state index contributed by atoms with van der Waals surface area (Å²) in [6, 6.07) is 3.75. The van der Waals surface area contributed by atoms with Crippen LogP contribution in [0.15, 0.2) is 18.2 Å². The van der Waals surface area contributed by atoms with E-state index in [1.807, 2.05) is 0 Å². The molecule has 0 saturated heterocycles. The van der Waals surface area contributed by atoms with Crippen molar-refractivity contribution in [3.05, 3.63) is 34.6 Å². The minimum atomic E-state index is -0.691. The Labute approximate surface area is 85.7 Å². The molecule has 14 heavy (non-hydrogen) atoms. The van der Waals surface area contributed by atoms with E-state index in [9.17, 15) is 14.0 Å². The first-order chi connectivity index (χ1) is 6.50. The summed E-state index contributed by atoms with van der Waals surface area (Å²) in [5.41, 5.74) is -0.0930. The van der Waals surface area contributed by atoms with Crippen molar-refractivity contribution in [3.8, 4) is 0 Å². The zero-order valence-electron chi connectivity index (χ0n) is 7.51. The summed E-state index contributed by atoms with van der Waals surface area (Å²) in [7, 11) is 0. The van der Waals surface area contributed by atoms with Gasteiger partial charge in [-0.3, -0.25) is 9.59 Å². The van der Waals surface area contributed by atoms with Gasteiger partial charge in [-0.25, -0.2) is 4.39 Å². The van der Waals surface area contributed by atoms with Gasteiger partial charge in [-0.05, 0) is 25.1 Å². The van der Waals surface area contributed by atoms with Crippen LogP contribution in [0.1, 0.15) is 23.7 Å². The Bertz CT molecular complexity index is 388. The fourth-order valence-corrected chi connectivity index (χ4v) is 1.20. The standard InChI is InChI=1S/C10H8ClFO2/c1-6(13)4-10(14)8-3-2-7(11)5-9(8)12/h2-3,5H,4H2,1H3. The van der Waals surface area contributed by atoms with Crippen LogP contribution in [0.2, 0.25) is 5.02 Å². The molecule has 1 rings (SSSR count). The molecule has 0 aromatic heterocycles. The molecule has 0 atom stereocenters. The quantitative estimate of drug-likeness (QED) is 0.573. The molecule has 0 aliphatic carbocycles. The maximum absolute atomic E-state index is 13.1. The summed E-state index contributed by atoms with van der Waals surface area (Å²) in [5.74, 6) is -1.50. The van der Waals surface area contributed by atoms with Crippen molar-refractivity contribution in [2.24, 2.45) is 0 Å². The van der Waals surface area contributed by atoms with E-state index >= 15 is 0 Å². The van der Waals surface area contributed by atoms with E-state index in [4.69, 9.17) is 11.6 Å². The smallest absolute Gasteiger partial charge is 0.173 e. The van der Waals surface area contributed by atoms with Crippen molar-refractivity contribution in [2.75, 3.05) is 0 Å². The largest absolute Gasteiger partial charge is 0.300 e. The van der Waals surface area contributed by atoms with Crippen LogP contribution in [0.4, 0.5) is 4.39 Å². The van der Waals surface area contributed by atoms with Gasteiger partial charge in [0.05, 0.1) is 12.0 Å². The minimum Gasteiger partial charge on any atom is -0.300 e. The lowest BCUT2D eigenvalue weighted by Gasteiger charge is -2.00. The summed E-state index contributed by atoms with van der Waals surface area (Å²) >= 11 is 5.51. The van der Waals surface area contributed by atoms with Crippen LogP contribution in [0, 0.1) is 5.82 Å². The average molecular weight is 215 g/mol. The van der Waals surface area contributed by atoms with Crippen LogP contribution in [-0.4, -0.2) is 11.6 Å². The molecule has 0 fully saturated rings. The third kappa shape index (κ3) is 2.64. The van der Waals surface area contributed by atoms with Gasteiger partial charge >= 0.3 is 0 Å². The zero-order valence-corrected chi connectivity index (χ0v) is 8.27. The molecule has 0 radical (unpaired) electrons. The predicted molar refractivity (Wildman–Crippen MR) is 51.0 cm³/mol. The van der Waals surface area contributed by atoms with Gasteiger partial charge in [0.25, 0.3) is 0 Å². The Morgan fingerprint density at radius 1 is 1.43 bits per heavy atom. The second kappa shape index (κ2) is 4.33. The van der Waals surface area contributed by atoms with Crippen molar-refractivity contribution in [1.82, 2.24) is 0 Å². The number of carbonyl (C=O) groups excluding carboxylic acids is 2. The molecule has 4 heteroatoms. The number of rotatable bonds is 3. The predicted octanol–water partition coefficient (Wildman–Crippen LogP) is 2.64. The molecule has 0 heterocycles. The number of ketones is 2. The van der Waals surface area contributed by atoms with Crippen molar-refractivity contribution in [3.63, 3.8) is 0 Å². The number of carbonyl (C=O) groups is 2. The van der Waals surface area contributed by atoms with Crippen molar-refractivity contribution in [1.29, 1.82) is 0 Å². The maximum atomic E-state index is 13.1. The summed E-state index contributed by atoms with van der Waals surface area (Å²) in [5, 5.41) is 0.224. The fraction of sp³-hybridized carbons (Fsp3) is 0.200. The second-order valence-corrected chi connectivity index (χ2v) is 3.36. The SMILES string of the molecule is CC(=O)CC(=O)c1ccc(Cl)cc1F. The Kier molecular flexibility index (Phi) is 3.36. The summed E-state index contributed by atoms with van der Waals surface area (Å²) in [6.45, 7) is 1.28. The van der Waals surface area contributed by atoms with Crippen LogP contribution in [0.3, 0.4) is 0 Å². The molecule has 1 aromatic rings. The molecule has 0 bridgehead atoms. The number of halogens is 2. The lowest BCUT2D eigenvalue weighted by molar-refractivity contribution is -0.116. The van der Waals surface area contributed by atoms with E-state index < -0.39 is 11.6 Å². The molecule has 74 valence electrons. The van der Waals surface area contributed by atoms with E-state index in [-0.39, 0.29) is 22.8 Å². The lowest BCUT2D eigenvalue weighted by Crippen LogP contribution is -2.06. The lowest BCUT2D eigenvalue weighted by atomic mass is 10.1. The molecular weight excluding hydrogens is 207 g/mol. The van der Waals surface area contributed by atoms with Gasteiger partial charge in [-0.15, -0.1) is 0 Å². The first-order valence-corrected chi connectivity index (χ1v) is 4.36. The molecule has 0 aliphatic rings. The van der Waals surface area contributed by atoms with Gasteiger partial charge in [0.1, 0.15) is 11.6 Å². The third-order valence-corrected chi connectivity index (χ3v) is 1.88. The van der Waals surface area contributed by atoms with Crippen LogP contribution < -0.4 is 0 Å². The van der Waals surface area contributed by atoms with Crippen LogP contribution >= 0.6 is 11.6 Å². The van der Waals surface area contributed by atoms with Crippen molar-refractivity contribution < 1.29 is 14.0 Å². The number of hydrogen-bond acceptors (Lipinski definition) is 2. The van der Waals surface area contributed by atoms with E-state index in [1.165, 1.54) is 19.1 Å². The molecule has 1 aromatic carbocycles. The van der Waals surface area contributed by atoms with Gasteiger partial charge < -0.3 is 0 Å². The van der Waals surface area contributed by atoms with Gasteiger partial charge in [0, 0.05) is 5.02 Å². The van der Waals surface area contributed by atoms with E-state index in [1.54, 1.807) is 0 Å². The molecule has 0 spiro atoms. The molecule has 0 unspecified atom stereocenters. The highest BCUT2D eigenvalue weighted by Gasteiger charge is 2.13. The molecule has 0 aliphatic heterocycles. The first kappa shape index (κ1) is 10.9. The molecule has 0 saturated carbocycles. The number of benzene rings is 1. The highest BCUT2D eigenvalue weighted by molar-refractivity contribution is 6.30.